The summed E-state index contributed by atoms with van der Waals surface area (Å²) in [5.74, 6) is -21.1. The van der Waals surface area contributed by atoms with Crippen LogP contribution in [0.4, 0.5) is 0 Å². The molecule has 0 aromatic rings. The molecule has 850 valence electrons. The van der Waals surface area contributed by atoms with Crippen molar-refractivity contribution in [1.29, 1.82) is 32.5 Å². The second-order valence-corrected chi connectivity index (χ2v) is 39.7. The molecule has 0 aliphatic heterocycles. The molecule has 54 heteroatoms. The summed E-state index contributed by atoms with van der Waals surface area (Å²) in [6, 6.07) is -23.6. The van der Waals surface area contributed by atoms with E-state index >= 15 is 24.0 Å². The highest BCUT2D eigenvalue weighted by atomic mass is 16.4. The molecule has 0 aromatic heterocycles. The van der Waals surface area contributed by atoms with Gasteiger partial charge in [-0.2, -0.15) is 0 Å². The summed E-state index contributed by atoms with van der Waals surface area (Å²) in [5.41, 5.74) is 45.5. The Morgan fingerprint density at radius 2 is 0.416 bits per heavy atom. The minimum atomic E-state index is -1.57. The Morgan fingerprint density at radius 3 is 0.644 bits per heavy atom. The number of carboxylic acid groups (broad SMARTS) is 1. The van der Waals surface area contributed by atoms with Crippen LogP contribution in [0, 0.1) is 79.8 Å². The van der Waals surface area contributed by atoms with Gasteiger partial charge >= 0.3 is 5.97 Å². The van der Waals surface area contributed by atoms with Gasteiger partial charge in [0.2, 0.25) is 94.5 Å². The van der Waals surface area contributed by atoms with Gasteiger partial charge in [0.05, 0.1) is 6.04 Å². The second kappa shape index (κ2) is 72.8. The van der Waals surface area contributed by atoms with Gasteiger partial charge in [0.25, 0.3) is 0 Å². The maximum absolute atomic E-state index is 15.1. The molecule has 54 nitrogen and oxygen atoms in total. The number of guanidine groups is 6. The first kappa shape index (κ1) is 136. The Balaban J connectivity index is 7.78. The first-order chi connectivity index (χ1) is 69.8. The number of hydrogen-bond donors (Lipinski definition) is 37. The molecule has 0 heterocycles. The number of nitrogens with one attached hydrogen (secondary N) is 28. The fourth-order valence-electron chi connectivity index (χ4n) is 15.3. The van der Waals surface area contributed by atoms with E-state index in [1.807, 2.05) is 0 Å². The van der Waals surface area contributed by atoms with Crippen molar-refractivity contribution in [3.63, 3.8) is 0 Å². The Kier molecular flexibility index (Phi) is 66.2. The lowest BCUT2D eigenvalue weighted by Gasteiger charge is -2.30. The van der Waals surface area contributed by atoms with Gasteiger partial charge in [-0.15, -0.1) is 0 Å². The van der Waals surface area contributed by atoms with Crippen LogP contribution in [0.1, 0.15) is 266 Å². The molecule has 0 saturated carbocycles. The van der Waals surface area contributed by atoms with Gasteiger partial charge in [0.1, 0.15) is 96.7 Å². The Hall–Kier alpha value is -13.5. The van der Waals surface area contributed by atoms with Crippen molar-refractivity contribution in [2.45, 2.75) is 369 Å². The summed E-state index contributed by atoms with van der Waals surface area (Å²) in [4.78, 5) is 245. The molecule has 0 bridgehead atoms. The molecular formula is C95H182N36O18. The first-order valence-electron chi connectivity index (χ1n) is 51.8. The Bertz CT molecular complexity index is 4340. The SMILES string of the molecule is CC[C@H](C)[C@H](NC(=O)[C@H](CC(C)C)NC(=O)[C@H](CCCNC(=N)N)NC(=O)[C@H](C)NC(=O)[C@@H](NC(=O)[C@H](C)NC(=O)[C@@H](NC(=O)[C@H](CCCNC(=N)N)NC(=O)[C@H](CCCNC(=N)N)NC(=O)[C@H](CC(C)C)NC(=O)[C@H](CCCNC(=N)N)NC(=O)[C@H](CCCNC(=N)N)NC(=O)[C@@H](NC(=O)[C@H](CC(C)C)NC(=O)[C@H](CCCCN)NC(=O)[C@H](CCCNC(=N)N)NC(=O)[C@@H](N)C(C)C)[C@@H](C)CC)[C@@H](C)CC)[C@@H](C)CC)C(=O)O. The van der Waals surface area contributed by atoms with E-state index in [2.05, 4.69) is 117 Å². The van der Waals surface area contributed by atoms with E-state index in [0.29, 0.717) is 19.3 Å². The van der Waals surface area contributed by atoms with Crippen molar-refractivity contribution in [3.8, 4) is 0 Å². The van der Waals surface area contributed by atoms with Crippen LogP contribution in [0.2, 0.25) is 0 Å². The molecule has 0 radical (unpaired) electrons. The zero-order valence-electron chi connectivity index (χ0n) is 90.4. The predicted octanol–water partition coefficient (Wildman–Crippen LogP) is -5.12. The number of carbonyl (C=O) groups is 17. The molecule has 0 fully saturated rings. The average Bonchev–Trinajstić information content (AvgIpc) is 0.843. The fourth-order valence-corrected chi connectivity index (χ4v) is 15.3. The monoisotopic (exact) mass is 2120 g/mol. The van der Waals surface area contributed by atoms with Crippen LogP contribution in [0.5, 0.6) is 0 Å². The molecule has 16 amide bonds. The maximum Gasteiger partial charge on any atom is 0.326 e. The lowest BCUT2D eigenvalue weighted by Crippen LogP contribution is -2.62. The number of carboxylic acids is 1. The van der Waals surface area contributed by atoms with Gasteiger partial charge in [0.15, 0.2) is 35.8 Å². The standard InChI is InChI=1S/C95H182N36O18/c1-19-52(13)69(86(145)116-56(17)73(132)118-59(32-25-39-110-90(98)99)79(138)127-67(47-50(9)10)84(143)131-72(89(148)149)55(16)22-4)128-74(133)57(18)117-87(146)70(53(14)20-2)129-81(140)64(37-30-44-115-95(108)109)121-75(134)60(33-26-40-111-91(100)101)122-82(141)65(45-48(5)6)125-80(139)61(34-27-41-112-92(102)103)120-77(136)63(36-29-43-114-94(106)107)124-88(147)71(54(15)21-3)130-83(142)66(46-49(7)8)126-78(137)58(31-23-24-38-96)119-76(135)62(35-28-42-113-93(104)105)123-85(144)68(97)51(11)12/h48-72H,19-47,96-97H2,1-18H3,(H,116,145)(H,117,146)(H,118,132)(H,119,135)(H,120,136)(H,121,134)(H,122,141)(H,123,144)(H,124,147)(H,125,139)(H,126,137)(H,127,138)(H,128,133)(H,129,140)(H,130,142)(H,131,143)(H,148,149)(H4,98,99,110)(H4,100,101,111)(H4,102,103,112)(H4,104,105,113)(H4,106,107,114)(H4,108,109,115)/t52-,53-,54-,55-,56-,57-,58-,59-,60-,61-,62-,63-,64-,65-,66-,67-,68-,69-,70-,71-,72-/m0/s1. The topological polar surface area (TPSA) is 926 Å². The maximum atomic E-state index is 15.1. The van der Waals surface area contributed by atoms with E-state index in [0.717, 1.165) is 0 Å². The van der Waals surface area contributed by atoms with Crippen LogP contribution in [-0.4, -0.2) is 290 Å². The molecule has 0 aliphatic rings. The summed E-state index contributed by atoms with van der Waals surface area (Å²) >= 11 is 0. The highest BCUT2D eigenvalue weighted by molar-refractivity contribution is 6.02. The van der Waals surface area contributed by atoms with Crippen molar-refractivity contribution >= 4 is 136 Å². The van der Waals surface area contributed by atoms with E-state index in [4.69, 9.17) is 78.3 Å². The Labute approximate surface area is 876 Å². The Morgan fingerprint density at radius 1 is 0.235 bits per heavy atom. The molecule has 0 unspecified atom stereocenters. The first-order valence-corrected chi connectivity index (χ1v) is 51.8. The molecule has 149 heavy (non-hydrogen) atoms. The summed E-state index contributed by atoms with van der Waals surface area (Å²) < 4.78 is 0. The zero-order valence-corrected chi connectivity index (χ0v) is 90.4. The molecule has 0 rings (SSSR count). The number of rotatable bonds is 76. The van der Waals surface area contributed by atoms with Gasteiger partial charge in [-0.25, -0.2) is 4.79 Å². The molecule has 0 aromatic carbocycles. The lowest BCUT2D eigenvalue weighted by molar-refractivity contribution is -0.144. The van der Waals surface area contributed by atoms with Crippen LogP contribution in [0.15, 0.2) is 0 Å². The van der Waals surface area contributed by atoms with Gasteiger partial charge in [-0.3, -0.25) is 109 Å². The van der Waals surface area contributed by atoms with Gasteiger partial charge in [0, 0.05) is 39.3 Å². The summed E-state index contributed by atoms with van der Waals surface area (Å²) in [7, 11) is 0. The summed E-state index contributed by atoms with van der Waals surface area (Å²) in [6.45, 7) is 30.6. The van der Waals surface area contributed by atoms with Crippen molar-refractivity contribution in [1.82, 2.24) is 117 Å². The highest BCUT2D eigenvalue weighted by Crippen LogP contribution is 2.20. The van der Waals surface area contributed by atoms with Crippen molar-refractivity contribution in [2.24, 2.45) is 93.2 Å². The third kappa shape index (κ3) is 55.9. The molecule has 0 spiro atoms. The predicted molar refractivity (Wildman–Crippen MR) is 567 cm³/mol. The lowest BCUT2D eigenvalue weighted by atomic mass is 9.96. The average molecular weight is 2120 g/mol. The molecular weight excluding hydrogens is 1930 g/mol. The number of hydrogen-bond acceptors (Lipinski definition) is 25. The number of unbranched alkanes of at least 4 members (excludes halogenated alkanes) is 1. The van der Waals surface area contributed by atoms with E-state index < -0.39 is 257 Å². The minimum absolute atomic E-state index is 0.00464. The van der Waals surface area contributed by atoms with Crippen LogP contribution in [0.3, 0.4) is 0 Å². The van der Waals surface area contributed by atoms with Crippen LogP contribution >= 0.6 is 0 Å². The van der Waals surface area contributed by atoms with Crippen LogP contribution < -0.4 is 163 Å². The quantitative estimate of drug-likeness (QED) is 0.0154. The molecule has 21 atom stereocenters. The molecule has 0 saturated heterocycles. The van der Waals surface area contributed by atoms with Crippen LogP contribution in [0.25, 0.3) is 0 Å². The van der Waals surface area contributed by atoms with Crippen molar-refractivity contribution in [3.05, 3.63) is 0 Å². The van der Waals surface area contributed by atoms with Gasteiger partial charge in [-0.05, 0) is 183 Å². The van der Waals surface area contributed by atoms with E-state index in [1.54, 1.807) is 111 Å². The van der Waals surface area contributed by atoms with E-state index in [9.17, 15) is 62.6 Å². The zero-order chi connectivity index (χ0) is 114. The normalized spacial score (nSPS) is 15.4. The second-order valence-electron chi connectivity index (χ2n) is 39.7. The number of amides is 16. The third-order valence-electron chi connectivity index (χ3n) is 25.0. The van der Waals surface area contributed by atoms with Crippen molar-refractivity contribution in [2.75, 3.05) is 45.8 Å². The number of aliphatic carboxylic acids is 1. The minimum Gasteiger partial charge on any atom is -0.480 e. The molecule has 0 aliphatic carbocycles. The smallest absolute Gasteiger partial charge is 0.326 e. The number of nitrogens with two attached hydrogens (primary N) is 8. The molecule has 45 N–H and O–H groups in total. The van der Waals surface area contributed by atoms with Crippen molar-refractivity contribution < 1.29 is 86.6 Å². The van der Waals surface area contributed by atoms with Gasteiger partial charge < -0.3 is 168 Å². The van der Waals surface area contributed by atoms with Gasteiger partial charge in [-0.1, -0.05) is 136 Å². The van der Waals surface area contributed by atoms with E-state index in [1.165, 1.54) is 13.8 Å². The summed E-state index contributed by atoms with van der Waals surface area (Å²) in [5, 5.41) is 115. The fraction of sp³-hybridized carbons (Fsp3) is 0.758. The van der Waals surface area contributed by atoms with E-state index in [-0.39, 0.29) is 197 Å². The third-order valence-corrected chi connectivity index (χ3v) is 25.0. The largest absolute Gasteiger partial charge is 0.480 e. The van der Waals surface area contributed by atoms with Crippen LogP contribution in [-0.2, 0) is 81.5 Å². The summed E-state index contributed by atoms with van der Waals surface area (Å²) in [6.07, 6.45) is 1.56. The highest BCUT2D eigenvalue weighted by Gasteiger charge is 2.42. The number of carbonyl (C=O) groups excluding carboxylic acids is 16.